The van der Waals surface area contributed by atoms with Crippen LogP contribution in [0, 0.1) is 6.92 Å². The van der Waals surface area contributed by atoms with E-state index in [1.807, 2.05) is 19.0 Å². The van der Waals surface area contributed by atoms with Gasteiger partial charge in [-0.2, -0.15) is 0 Å². The van der Waals surface area contributed by atoms with Gasteiger partial charge >= 0.3 is 0 Å². The fourth-order valence-corrected chi connectivity index (χ4v) is 4.00. The van der Waals surface area contributed by atoms with Gasteiger partial charge in [-0.05, 0) is 31.2 Å². The van der Waals surface area contributed by atoms with E-state index in [9.17, 15) is 18.0 Å². The minimum absolute atomic E-state index is 0.0538. The Bertz CT molecular complexity index is 1040. The Morgan fingerprint density at radius 1 is 1.03 bits per heavy atom. The fourth-order valence-electron chi connectivity index (χ4n) is 2.97. The van der Waals surface area contributed by atoms with Gasteiger partial charge in [-0.3, -0.25) is 14.5 Å². The molecule has 0 aliphatic carbocycles. The zero-order chi connectivity index (χ0) is 21.9. The lowest BCUT2D eigenvalue weighted by Crippen LogP contribution is -2.30. The van der Waals surface area contributed by atoms with Crippen LogP contribution in [0.1, 0.15) is 18.7 Å². The van der Waals surface area contributed by atoms with E-state index in [1.165, 1.54) is 24.3 Å². The van der Waals surface area contributed by atoms with Crippen molar-refractivity contribution >= 4 is 39.2 Å². The number of benzene rings is 1. The van der Waals surface area contributed by atoms with Crippen molar-refractivity contribution in [1.82, 2.24) is 14.7 Å². The SMILES string of the molecule is Cc1nc(NCCNS(=O)(=O)c2ccc(N3C(=O)CCC3=O)cc2)cc(N(C)C)n1. The van der Waals surface area contributed by atoms with Crippen LogP contribution in [0.2, 0.25) is 0 Å². The molecule has 0 atom stereocenters. The normalized spacial score (nSPS) is 14.3. The summed E-state index contributed by atoms with van der Waals surface area (Å²) in [7, 11) is 0.0198. The molecule has 2 N–H and O–H groups in total. The smallest absolute Gasteiger partial charge is 0.240 e. The Morgan fingerprint density at radius 3 is 2.27 bits per heavy atom. The van der Waals surface area contributed by atoms with E-state index in [-0.39, 0.29) is 36.1 Å². The van der Waals surface area contributed by atoms with E-state index in [4.69, 9.17) is 0 Å². The molecule has 1 fully saturated rings. The summed E-state index contributed by atoms with van der Waals surface area (Å²) >= 11 is 0. The number of aromatic nitrogens is 2. The number of rotatable bonds is 8. The first-order chi connectivity index (χ1) is 14.2. The Balaban J connectivity index is 1.58. The number of carbonyl (C=O) groups is 2. The zero-order valence-corrected chi connectivity index (χ0v) is 17.9. The third kappa shape index (κ3) is 4.92. The predicted molar refractivity (Wildman–Crippen MR) is 113 cm³/mol. The summed E-state index contributed by atoms with van der Waals surface area (Å²) in [4.78, 5) is 35.2. The maximum atomic E-state index is 12.5. The highest BCUT2D eigenvalue weighted by Gasteiger charge is 2.30. The molecule has 0 spiro atoms. The number of hydrogen-bond acceptors (Lipinski definition) is 8. The van der Waals surface area contributed by atoms with Crippen molar-refractivity contribution < 1.29 is 18.0 Å². The molecule has 0 bridgehead atoms. The molecule has 11 heteroatoms. The maximum absolute atomic E-state index is 12.5. The maximum Gasteiger partial charge on any atom is 0.240 e. The lowest BCUT2D eigenvalue weighted by molar-refractivity contribution is -0.121. The molecule has 2 amide bonds. The number of sulfonamides is 1. The van der Waals surface area contributed by atoms with Crippen molar-refractivity contribution in [2.75, 3.05) is 42.3 Å². The summed E-state index contributed by atoms with van der Waals surface area (Å²) in [6.45, 7) is 2.26. The lowest BCUT2D eigenvalue weighted by Gasteiger charge is -2.15. The van der Waals surface area contributed by atoms with Crippen molar-refractivity contribution in [3.05, 3.63) is 36.2 Å². The Labute approximate surface area is 175 Å². The molecular weight excluding hydrogens is 408 g/mol. The third-order valence-electron chi connectivity index (χ3n) is 4.46. The van der Waals surface area contributed by atoms with Crippen LogP contribution in [-0.4, -0.2) is 57.4 Å². The van der Waals surface area contributed by atoms with Gasteiger partial charge in [0.1, 0.15) is 17.5 Å². The number of nitrogens with zero attached hydrogens (tertiary/aromatic N) is 4. The van der Waals surface area contributed by atoms with E-state index in [1.54, 1.807) is 13.0 Å². The molecule has 1 aromatic carbocycles. The molecule has 0 unspecified atom stereocenters. The second-order valence-corrected chi connectivity index (χ2v) is 8.76. The molecule has 3 rings (SSSR count). The number of amides is 2. The Hall–Kier alpha value is -3.05. The standard InChI is InChI=1S/C19H24N6O4S/c1-13-22-16(12-17(23-13)24(2)3)20-10-11-21-30(28,29)15-6-4-14(5-7-15)25-18(26)8-9-19(25)27/h4-7,12,21H,8-11H2,1-3H3,(H,20,22,23). The van der Waals surface area contributed by atoms with Crippen LogP contribution in [-0.2, 0) is 19.6 Å². The fraction of sp³-hybridized carbons (Fsp3) is 0.368. The van der Waals surface area contributed by atoms with Crippen LogP contribution in [0.5, 0.6) is 0 Å². The number of imide groups is 1. The minimum atomic E-state index is -3.73. The van der Waals surface area contributed by atoms with Crippen molar-refractivity contribution in [2.24, 2.45) is 0 Å². The number of anilines is 3. The first-order valence-corrected chi connectivity index (χ1v) is 10.9. The molecule has 0 radical (unpaired) electrons. The lowest BCUT2D eigenvalue weighted by atomic mass is 10.3. The second kappa shape index (κ2) is 8.76. The molecule has 0 saturated carbocycles. The highest BCUT2D eigenvalue weighted by atomic mass is 32.2. The second-order valence-electron chi connectivity index (χ2n) is 6.99. The van der Waals surface area contributed by atoms with E-state index >= 15 is 0 Å². The average Bonchev–Trinajstić information content (AvgIpc) is 3.03. The first-order valence-electron chi connectivity index (χ1n) is 9.40. The van der Waals surface area contributed by atoms with Gasteiger partial charge < -0.3 is 10.2 Å². The quantitative estimate of drug-likeness (QED) is 0.466. The van der Waals surface area contributed by atoms with Gasteiger partial charge in [-0.15, -0.1) is 0 Å². The number of hydrogen-bond donors (Lipinski definition) is 2. The minimum Gasteiger partial charge on any atom is -0.369 e. The summed E-state index contributed by atoms with van der Waals surface area (Å²) in [5.41, 5.74) is 0.374. The highest BCUT2D eigenvalue weighted by molar-refractivity contribution is 7.89. The average molecular weight is 433 g/mol. The van der Waals surface area contributed by atoms with Crippen molar-refractivity contribution in [3.8, 4) is 0 Å². The van der Waals surface area contributed by atoms with E-state index < -0.39 is 10.0 Å². The number of carbonyl (C=O) groups excluding carboxylic acids is 2. The van der Waals surface area contributed by atoms with Crippen LogP contribution < -0.4 is 19.8 Å². The van der Waals surface area contributed by atoms with Crippen LogP contribution in [0.3, 0.4) is 0 Å². The van der Waals surface area contributed by atoms with Crippen molar-refractivity contribution in [2.45, 2.75) is 24.7 Å². The summed E-state index contributed by atoms with van der Waals surface area (Å²) in [6, 6.07) is 7.45. The summed E-state index contributed by atoms with van der Waals surface area (Å²) in [6.07, 6.45) is 0.352. The first kappa shape index (κ1) is 21.7. The molecule has 30 heavy (non-hydrogen) atoms. The molecule has 2 aromatic rings. The predicted octanol–water partition coefficient (Wildman–Crippen LogP) is 0.895. The molecule has 160 valence electrons. The van der Waals surface area contributed by atoms with Gasteiger partial charge in [-0.1, -0.05) is 0 Å². The summed E-state index contributed by atoms with van der Waals surface area (Å²) < 4.78 is 27.5. The van der Waals surface area contributed by atoms with Gasteiger partial charge in [0.15, 0.2) is 0 Å². The Morgan fingerprint density at radius 2 is 1.67 bits per heavy atom. The molecular formula is C19H24N6O4S. The van der Waals surface area contributed by atoms with Crippen LogP contribution in [0.4, 0.5) is 17.3 Å². The van der Waals surface area contributed by atoms with E-state index in [0.717, 1.165) is 10.7 Å². The van der Waals surface area contributed by atoms with Crippen LogP contribution in [0.15, 0.2) is 35.2 Å². The Kier molecular flexibility index (Phi) is 6.32. The third-order valence-corrected chi connectivity index (χ3v) is 5.94. The zero-order valence-electron chi connectivity index (χ0n) is 17.0. The van der Waals surface area contributed by atoms with Crippen molar-refractivity contribution in [1.29, 1.82) is 0 Å². The number of nitrogens with one attached hydrogen (secondary N) is 2. The van der Waals surface area contributed by atoms with Gasteiger partial charge in [0.2, 0.25) is 21.8 Å². The summed E-state index contributed by atoms with van der Waals surface area (Å²) in [5, 5.41) is 3.07. The van der Waals surface area contributed by atoms with Gasteiger partial charge in [0.25, 0.3) is 0 Å². The van der Waals surface area contributed by atoms with E-state index in [2.05, 4.69) is 20.0 Å². The molecule has 1 saturated heterocycles. The molecule has 2 heterocycles. The largest absolute Gasteiger partial charge is 0.369 e. The highest BCUT2D eigenvalue weighted by Crippen LogP contribution is 2.23. The van der Waals surface area contributed by atoms with Crippen molar-refractivity contribution in [3.63, 3.8) is 0 Å². The molecule has 1 aromatic heterocycles. The monoisotopic (exact) mass is 432 g/mol. The number of aryl methyl sites for hydroxylation is 1. The molecule has 1 aliphatic heterocycles. The summed E-state index contributed by atoms with van der Waals surface area (Å²) in [5.74, 6) is 1.41. The van der Waals surface area contributed by atoms with Gasteiger partial charge in [0.05, 0.1) is 10.6 Å². The van der Waals surface area contributed by atoms with E-state index in [0.29, 0.717) is 23.9 Å². The topological polar surface area (TPSA) is 125 Å². The molecule has 1 aliphatic rings. The van der Waals surface area contributed by atoms with Gasteiger partial charge in [0, 0.05) is 46.1 Å². The van der Waals surface area contributed by atoms with Crippen LogP contribution >= 0.6 is 0 Å². The van der Waals surface area contributed by atoms with Gasteiger partial charge in [-0.25, -0.2) is 23.1 Å². The van der Waals surface area contributed by atoms with Crippen LogP contribution in [0.25, 0.3) is 0 Å². The molecule has 10 nitrogen and oxygen atoms in total.